The van der Waals surface area contributed by atoms with Gasteiger partial charge in [0.1, 0.15) is 11.5 Å². The molecule has 106 valence electrons. The van der Waals surface area contributed by atoms with Crippen LogP contribution in [0.2, 0.25) is 0 Å². The van der Waals surface area contributed by atoms with Gasteiger partial charge in [0.15, 0.2) is 0 Å². The van der Waals surface area contributed by atoms with Crippen molar-refractivity contribution in [2.24, 2.45) is 0 Å². The number of halogens is 1. The van der Waals surface area contributed by atoms with Gasteiger partial charge in [-0.15, -0.1) is 0 Å². The van der Waals surface area contributed by atoms with Gasteiger partial charge in [-0.25, -0.2) is 0 Å². The third-order valence-corrected chi connectivity index (χ3v) is 4.40. The van der Waals surface area contributed by atoms with Gasteiger partial charge >= 0.3 is 0 Å². The summed E-state index contributed by atoms with van der Waals surface area (Å²) in [5.74, 6) is 0.841. The van der Waals surface area contributed by atoms with Gasteiger partial charge in [0.05, 0.1) is 4.91 Å². The van der Waals surface area contributed by atoms with Crippen LogP contribution in [0.5, 0.6) is 0 Å². The maximum Gasteiger partial charge on any atom is 0.290 e. The number of hydrogen-bond acceptors (Lipinski definition) is 4. The smallest absolute Gasteiger partial charge is 0.290 e. The van der Waals surface area contributed by atoms with E-state index in [0.29, 0.717) is 16.4 Å². The topological polar surface area (TPSA) is 59.3 Å². The number of aryl methyl sites for hydroxylation is 1. The fraction of sp³-hybridized carbons (Fsp3) is 0.0667. The zero-order chi connectivity index (χ0) is 15.0. The van der Waals surface area contributed by atoms with Crippen LogP contribution in [-0.4, -0.2) is 11.1 Å². The summed E-state index contributed by atoms with van der Waals surface area (Å²) in [6, 6.07) is 9.58. The van der Waals surface area contributed by atoms with Crippen molar-refractivity contribution in [1.82, 2.24) is 5.32 Å². The van der Waals surface area contributed by atoms with Crippen LogP contribution in [-0.2, 0) is 4.79 Å². The summed E-state index contributed by atoms with van der Waals surface area (Å²) in [7, 11) is 0. The molecule has 0 radical (unpaired) electrons. The van der Waals surface area contributed by atoms with Crippen molar-refractivity contribution in [3.05, 3.63) is 51.0 Å². The zero-order valence-electron chi connectivity index (χ0n) is 11.0. The van der Waals surface area contributed by atoms with E-state index in [4.69, 9.17) is 4.42 Å². The summed E-state index contributed by atoms with van der Waals surface area (Å²) in [6.45, 7) is 2.01. The molecule has 21 heavy (non-hydrogen) atoms. The van der Waals surface area contributed by atoms with E-state index in [0.717, 1.165) is 27.4 Å². The van der Waals surface area contributed by atoms with E-state index in [-0.39, 0.29) is 11.1 Å². The van der Waals surface area contributed by atoms with Crippen molar-refractivity contribution >= 4 is 44.9 Å². The summed E-state index contributed by atoms with van der Waals surface area (Å²) in [5.41, 5.74) is 2.09. The molecule has 1 saturated heterocycles. The predicted molar refractivity (Wildman–Crippen MR) is 85.7 cm³/mol. The fourth-order valence-corrected chi connectivity index (χ4v) is 3.30. The van der Waals surface area contributed by atoms with E-state index in [1.54, 1.807) is 12.1 Å². The molecule has 0 atom stereocenters. The molecule has 2 aromatic rings. The molecule has 1 fully saturated rings. The van der Waals surface area contributed by atoms with Crippen LogP contribution in [0, 0.1) is 6.92 Å². The van der Waals surface area contributed by atoms with E-state index in [1.165, 1.54) is 0 Å². The van der Waals surface area contributed by atoms with E-state index in [9.17, 15) is 9.59 Å². The number of nitrogens with one attached hydrogen (secondary N) is 1. The summed E-state index contributed by atoms with van der Waals surface area (Å²) in [6.07, 6.45) is 1.57. The number of benzene rings is 1. The highest BCUT2D eigenvalue weighted by molar-refractivity contribution is 9.10. The number of carbonyl (C=O) groups is 2. The molecule has 4 nitrogen and oxygen atoms in total. The lowest BCUT2D eigenvalue weighted by molar-refractivity contribution is -0.115. The molecular weight excluding hydrogens is 354 g/mol. The van der Waals surface area contributed by atoms with Gasteiger partial charge in [0, 0.05) is 16.1 Å². The molecule has 2 amide bonds. The van der Waals surface area contributed by atoms with Crippen molar-refractivity contribution in [3.63, 3.8) is 0 Å². The Morgan fingerprint density at radius 3 is 2.71 bits per heavy atom. The second-order valence-electron chi connectivity index (χ2n) is 4.54. The Morgan fingerprint density at radius 1 is 1.24 bits per heavy atom. The highest BCUT2D eigenvalue weighted by atomic mass is 79.9. The third kappa shape index (κ3) is 2.96. The number of imide groups is 1. The molecule has 1 aliphatic rings. The third-order valence-electron chi connectivity index (χ3n) is 2.93. The van der Waals surface area contributed by atoms with E-state index < -0.39 is 0 Å². The molecule has 0 spiro atoms. The molecule has 2 heterocycles. The maximum atomic E-state index is 11.5. The second kappa shape index (κ2) is 5.54. The SMILES string of the molecule is Cc1ccc(-c2ccc(/C=C3\SC(=O)NC3=O)o2)c(Br)c1. The number of hydrogen-bond donors (Lipinski definition) is 1. The lowest BCUT2D eigenvalue weighted by atomic mass is 10.1. The van der Waals surface area contributed by atoms with Crippen molar-refractivity contribution in [2.75, 3.05) is 0 Å². The molecule has 0 unspecified atom stereocenters. The lowest BCUT2D eigenvalue weighted by Gasteiger charge is -2.02. The Labute approximate surface area is 133 Å². The zero-order valence-corrected chi connectivity index (χ0v) is 13.4. The van der Waals surface area contributed by atoms with Gasteiger partial charge in [0.25, 0.3) is 11.1 Å². The molecular formula is C15H10BrNO3S. The van der Waals surface area contributed by atoms with Crippen LogP contribution >= 0.6 is 27.7 Å². The van der Waals surface area contributed by atoms with Crippen LogP contribution in [0.15, 0.2) is 44.1 Å². The second-order valence-corrected chi connectivity index (χ2v) is 6.41. The normalized spacial score (nSPS) is 16.6. The summed E-state index contributed by atoms with van der Waals surface area (Å²) < 4.78 is 6.67. The molecule has 1 aliphatic heterocycles. The molecule has 3 rings (SSSR count). The van der Waals surface area contributed by atoms with Crippen molar-refractivity contribution in [1.29, 1.82) is 0 Å². The highest BCUT2D eigenvalue weighted by Crippen LogP contribution is 2.32. The number of carbonyl (C=O) groups excluding carboxylic acids is 2. The monoisotopic (exact) mass is 363 g/mol. The quantitative estimate of drug-likeness (QED) is 0.806. The van der Waals surface area contributed by atoms with Gasteiger partial charge in [0.2, 0.25) is 0 Å². The summed E-state index contributed by atoms with van der Waals surface area (Å²) in [4.78, 5) is 22.9. The van der Waals surface area contributed by atoms with Gasteiger partial charge in [-0.05, 0) is 48.5 Å². The van der Waals surface area contributed by atoms with Crippen LogP contribution in [0.4, 0.5) is 4.79 Å². The Balaban J connectivity index is 1.92. The Bertz CT molecular complexity index is 779. The van der Waals surface area contributed by atoms with Gasteiger partial charge in [-0.3, -0.25) is 14.9 Å². The van der Waals surface area contributed by atoms with Crippen molar-refractivity contribution in [3.8, 4) is 11.3 Å². The number of amides is 2. The first-order valence-electron chi connectivity index (χ1n) is 6.14. The predicted octanol–water partition coefficient (Wildman–Crippen LogP) is 4.34. The number of furan rings is 1. The van der Waals surface area contributed by atoms with E-state index in [1.807, 2.05) is 31.2 Å². The maximum absolute atomic E-state index is 11.5. The van der Waals surface area contributed by atoms with Crippen LogP contribution in [0.3, 0.4) is 0 Å². The van der Waals surface area contributed by atoms with Gasteiger partial charge in [-0.2, -0.15) is 0 Å². The summed E-state index contributed by atoms with van der Waals surface area (Å²) in [5, 5.41) is 1.85. The standard InChI is InChI=1S/C15H10BrNO3S/c1-8-2-4-10(11(16)6-8)12-5-3-9(20-12)7-13-14(18)17-15(19)21-13/h2-7H,1H3,(H,17,18,19)/b13-7-. The minimum atomic E-state index is -0.389. The van der Waals surface area contributed by atoms with Crippen molar-refractivity contribution in [2.45, 2.75) is 6.92 Å². The largest absolute Gasteiger partial charge is 0.457 e. The Morgan fingerprint density at radius 2 is 2.05 bits per heavy atom. The van der Waals surface area contributed by atoms with E-state index >= 15 is 0 Å². The first-order valence-corrected chi connectivity index (χ1v) is 7.75. The molecule has 1 aromatic carbocycles. The average molecular weight is 364 g/mol. The Hall–Kier alpha value is -1.79. The minimum Gasteiger partial charge on any atom is -0.457 e. The van der Waals surface area contributed by atoms with Crippen molar-refractivity contribution < 1.29 is 14.0 Å². The molecule has 1 N–H and O–H groups in total. The lowest BCUT2D eigenvalue weighted by Crippen LogP contribution is -2.17. The first kappa shape index (κ1) is 14.2. The minimum absolute atomic E-state index is 0.337. The van der Waals surface area contributed by atoms with Crippen LogP contribution in [0.1, 0.15) is 11.3 Å². The summed E-state index contributed by atoms with van der Waals surface area (Å²) >= 11 is 4.38. The fourth-order valence-electron chi connectivity index (χ4n) is 1.95. The molecule has 0 aliphatic carbocycles. The van der Waals surface area contributed by atoms with Gasteiger partial charge < -0.3 is 4.42 Å². The number of rotatable bonds is 2. The molecule has 0 saturated carbocycles. The molecule has 6 heteroatoms. The van der Waals surface area contributed by atoms with Crippen LogP contribution in [0.25, 0.3) is 17.4 Å². The van der Waals surface area contributed by atoms with Gasteiger partial charge in [-0.1, -0.05) is 22.0 Å². The highest BCUT2D eigenvalue weighted by Gasteiger charge is 2.25. The molecule has 0 bridgehead atoms. The number of thioether (sulfide) groups is 1. The van der Waals surface area contributed by atoms with E-state index in [2.05, 4.69) is 21.2 Å². The average Bonchev–Trinajstić information content (AvgIpc) is 2.97. The molecule has 1 aromatic heterocycles. The van der Waals surface area contributed by atoms with Crippen LogP contribution < -0.4 is 5.32 Å². The first-order chi connectivity index (χ1) is 10.0. The Kier molecular flexibility index (Phi) is 3.73.